The average molecular weight is 395 g/mol. The molecule has 0 bridgehead atoms. The first-order valence-corrected chi connectivity index (χ1v) is 12.3. The maximum Gasteiger partial charge on any atom is 0.310 e. The summed E-state index contributed by atoms with van der Waals surface area (Å²) in [5.74, 6) is -0.926. The van der Waals surface area contributed by atoms with Crippen molar-refractivity contribution in [2.75, 3.05) is 0 Å². The molecule has 0 radical (unpaired) electrons. The van der Waals surface area contributed by atoms with Crippen molar-refractivity contribution < 1.29 is 18.3 Å². The van der Waals surface area contributed by atoms with Crippen LogP contribution in [0.3, 0.4) is 0 Å². The lowest BCUT2D eigenvalue weighted by Crippen LogP contribution is -2.47. The Kier molecular flexibility index (Phi) is 7.22. The summed E-state index contributed by atoms with van der Waals surface area (Å²) in [5, 5.41) is -0.0749. The van der Waals surface area contributed by atoms with Crippen LogP contribution in [0.2, 0.25) is 18.1 Å². The van der Waals surface area contributed by atoms with Gasteiger partial charge in [0.2, 0.25) is 0 Å². The summed E-state index contributed by atoms with van der Waals surface area (Å²) in [6.45, 7) is 17.7. The topological polar surface area (TPSA) is 35.5 Å². The fraction of sp³-hybridized carbons (Fsp3) is 0.591. The number of carbonyl (C=O) groups is 1. The highest BCUT2D eigenvalue weighted by atomic mass is 28.4. The molecule has 0 heterocycles. The summed E-state index contributed by atoms with van der Waals surface area (Å²) in [5.41, 5.74) is -1.11. The van der Waals surface area contributed by atoms with Crippen LogP contribution in [-0.2, 0) is 19.6 Å². The van der Waals surface area contributed by atoms with Crippen molar-refractivity contribution in [3.8, 4) is 0 Å². The predicted molar refractivity (Wildman–Crippen MR) is 112 cm³/mol. The summed E-state index contributed by atoms with van der Waals surface area (Å²) in [7, 11) is -2.28. The van der Waals surface area contributed by atoms with E-state index in [1.807, 2.05) is 30.3 Å². The molecule has 5 heteroatoms. The Morgan fingerprint density at radius 2 is 1.56 bits per heavy atom. The minimum Gasteiger partial charge on any atom is -0.460 e. The Labute approximate surface area is 165 Å². The molecule has 0 spiro atoms. The zero-order valence-corrected chi connectivity index (χ0v) is 19.3. The molecule has 1 unspecified atom stereocenters. The van der Waals surface area contributed by atoms with Gasteiger partial charge in [0.25, 0.3) is 0 Å². The number of hydrogen-bond acceptors (Lipinski definition) is 3. The van der Waals surface area contributed by atoms with E-state index in [9.17, 15) is 4.79 Å². The predicted octanol–water partition coefficient (Wildman–Crippen LogP) is 6.51. The maximum absolute atomic E-state index is 15.4. The molecule has 0 aliphatic heterocycles. The first-order chi connectivity index (χ1) is 12.1. The largest absolute Gasteiger partial charge is 0.460 e. The molecular weight excluding hydrogens is 359 g/mol. The third kappa shape index (κ3) is 6.57. The third-order valence-electron chi connectivity index (χ3n) is 4.91. The lowest BCUT2D eigenvalue weighted by Gasteiger charge is -2.44. The van der Waals surface area contributed by atoms with Gasteiger partial charge in [-0.15, -0.1) is 0 Å². The van der Waals surface area contributed by atoms with Gasteiger partial charge in [0.15, 0.2) is 8.32 Å². The molecule has 3 nitrogen and oxygen atoms in total. The number of ether oxygens (including phenoxy) is 1. The normalized spacial score (nSPS) is 16.0. The molecule has 0 aromatic heterocycles. The molecule has 1 atom stereocenters. The SMILES string of the molecule is CC(C)(C)OC(=O)C/C=C(\F)C(C)(O[Si](C)(C)C(C)(C)C)c1ccccc1. The minimum atomic E-state index is -2.28. The smallest absolute Gasteiger partial charge is 0.310 e. The summed E-state index contributed by atoms with van der Waals surface area (Å²) in [6.07, 6.45) is 1.15. The minimum absolute atomic E-state index is 0.0749. The molecule has 1 aromatic carbocycles. The Morgan fingerprint density at radius 3 is 2.00 bits per heavy atom. The Bertz CT molecular complexity index is 669. The van der Waals surface area contributed by atoms with E-state index in [0.29, 0.717) is 0 Å². The van der Waals surface area contributed by atoms with E-state index in [0.717, 1.165) is 5.56 Å². The van der Waals surface area contributed by atoms with Gasteiger partial charge in [0.05, 0.1) is 6.42 Å². The fourth-order valence-corrected chi connectivity index (χ4v) is 3.96. The molecule has 0 saturated heterocycles. The lowest BCUT2D eigenvalue weighted by atomic mass is 9.94. The fourth-order valence-electron chi connectivity index (χ4n) is 2.42. The summed E-state index contributed by atoms with van der Waals surface area (Å²) in [6, 6.07) is 9.33. The molecule has 0 saturated carbocycles. The van der Waals surface area contributed by atoms with Crippen molar-refractivity contribution in [2.45, 2.75) is 84.2 Å². The van der Waals surface area contributed by atoms with Crippen LogP contribution in [0.15, 0.2) is 42.2 Å². The second-order valence-electron chi connectivity index (χ2n) is 9.60. The highest BCUT2D eigenvalue weighted by Gasteiger charge is 2.45. The Morgan fingerprint density at radius 1 is 1.04 bits per heavy atom. The quantitative estimate of drug-likeness (QED) is 0.407. The maximum atomic E-state index is 15.4. The van der Waals surface area contributed by atoms with Gasteiger partial charge in [-0.1, -0.05) is 51.1 Å². The Balaban J connectivity index is 3.23. The first kappa shape index (κ1) is 23.6. The molecule has 0 amide bonds. The van der Waals surface area contributed by atoms with Crippen LogP contribution in [0.1, 0.15) is 60.5 Å². The monoisotopic (exact) mass is 394 g/mol. The number of esters is 1. The molecule has 27 heavy (non-hydrogen) atoms. The van der Waals surface area contributed by atoms with Crippen LogP contribution in [-0.4, -0.2) is 19.9 Å². The molecule has 1 rings (SSSR count). The second-order valence-corrected chi connectivity index (χ2v) is 14.3. The van der Waals surface area contributed by atoms with E-state index >= 15 is 4.39 Å². The number of halogens is 1. The van der Waals surface area contributed by atoms with Gasteiger partial charge in [-0.05, 0) is 57.5 Å². The number of carbonyl (C=O) groups excluding carboxylic acids is 1. The average Bonchev–Trinajstić information content (AvgIpc) is 2.50. The van der Waals surface area contributed by atoms with Crippen molar-refractivity contribution in [1.29, 1.82) is 0 Å². The van der Waals surface area contributed by atoms with Crippen LogP contribution in [0.4, 0.5) is 4.39 Å². The first-order valence-electron chi connectivity index (χ1n) is 9.42. The molecule has 1 aromatic rings. The van der Waals surface area contributed by atoms with Gasteiger partial charge in [-0.25, -0.2) is 4.39 Å². The van der Waals surface area contributed by atoms with Crippen molar-refractivity contribution in [1.82, 2.24) is 0 Å². The van der Waals surface area contributed by atoms with Gasteiger partial charge in [0.1, 0.15) is 17.0 Å². The summed E-state index contributed by atoms with van der Waals surface area (Å²) in [4.78, 5) is 12.0. The second kappa shape index (κ2) is 8.27. The van der Waals surface area contributed by atoms with Crippen molar-refractivity contribution in [2.24, 2.45) is 0 Å². The van der Waals surface area contributed by atoms with E-state index in [4.69, 9.17) is 9.16 Å². The molecule has 0 fully saturated rings. The molecule has 0 N–H and O–H groups in total. The summed E-state index contributed by atoms with van der Waals surface area (Å²) >= 11 is 0. The molecule has 152 valence electrons. The highest BCUT2D eigenvalue weighted by molar-refractivity contribution is 6.74. The van der Waals surface area contributed by atoms with Gasteiger partial charge in [0, 0.05) is 0 Å². The van der Waals surface area contributed by atoms with Crippen LogP contribution in [0.25, 0.3) is 0 Å². The van der Waals surface area contributed by atoms with Gasteiger partial charge in [-0.3, -0.25) is 4.79 Å². The van der Waals surface area contributed by atoms with E-state index in [1.54, 1.807) is 27.7 Å². The highest BCUT2D eigenvalue weighted by Crippen LogP contribution is 2.44. The van der Waals surface area contributed by atoms with Crippen molar-refractivity contribution in [3.63, 3.8) is 0 Å². The van der Waals surface area contributed by atoms with Crippen LogP contribution >= 0.6 is 0 Å². The lowest BCUT2D eigenvalue weighted by molar-refractivity contribution is -0.153. The number of hydrogen-bond donors (Lipinski definition) is 0. The number of benzene rings is 1. The van der Waals surface area contributed by atoms with E-state index in [2.05, 4.69) is 33.9 Å². The summed E-state index contributed by atoms with van der Waals surface area (Å²) < 4.78 is 27.2. The molecule has 0 aliphatic carbocycles. The van der Waals surface area contributed by atoms with Crippen molar-refractivity contribution >= 4 is 14.3 Å². The molecular formula is C22H35FO3Si. The standard InChI is InChI=1S/C22H35FO3Si/c1-20(2,3)25-19(24)16-15-18(23)22(7,17-13-11-10-12-14-17)26-27(8,9)21(4,5)6/h10-15H,16H2,1-9H3/b18-15-. The Hall–Kier alpha value is -1.46. The van der Waals surface area contributed by atoms with Gasteiger partial charge >= 0.3 is 5.97 Å². The zero-order valence-electron chi connectivity index (χ0n) is 18.3. The van der Waals surface area contributed by atoms with Gasteiger partial charge in [-0.2, -0.15) is 0 Å². The van der Waals surface area contributed by atoms with Gasteiger partial charge < -0.3 is 9.16 Å². The third-order valence-corrected chi connectivity index (χ3v) is 9.44. The van der Waals surface area contributed by atoms with Crippen LogP contribution < -0.4 is 0 Å². The van der Waals surface area contributed by atoms with E-state index in [1.165, 1.54) is 6.08 Å². The molecule has 0 aliphatic rings. The van der Waals surface area contributed by atoms with E-state index < -0.39 is 31.3 Å². The van der Waals surface area contributed by atoms with Crippen molar-refractivity contribution in [3.05, 3.63) is 47.8 Å². The van der Waals surface area contributed by atoms with E-state index in [-0.39, 0.29) is 11.5 Å². The van der Waals surface area contributed by atoms with Crippen LogP contribution in [0.5, 0.6) is 0 Å². The van der Waals surface area contributed by atoms with Crippen LogP contribution in [0, 0.1) is 0 Å². The number of rotatable bonds is 6. The zero-order chi connectivity index (χ0) is 21.1.